The number of ether oxygens (including phenoxy) is 1. The molecule has 2 heterocycles. The Kier molecular flexibility index (Phi) is 4.81. The molecule has 0 aliphatic carbocycles. The van der Waals surface area contributed by atoms with E-state index in [2.05, 4.69) is 4.98 Å². The summed E-state index contributed by atoms with van der Waals surface area (Å²) in [7, 11) is 0. The minimum Gasteiger partial charge on any atom is -0.444 e. The number of hydrogen-bond donors (Lipinski definition) is 1. The van der Waals surface area contributed by atoms with Gasteiger partial charge in [0.25, 0.3) is 0 Å². The molecular formula is C23H24F2N2O2. The number of aromatic nitrogens is 1. The average Bonchev–Trinajstić information content (AvgIpc) is 2.83. The lowest BCUT2D eigenvalue weighted by Gasteiger charge is -2.26. The third-order valence-electron chi connectivity index (χ3n) is 5.16. The van der Waals surface area contributed by atoms with E-state index >= 15 is 0 Å². The van der Waals surface area contributed by atoms with Gasteiger partial charge in [0.15, 0.2) is 0 Å². The van der Waals surface area contributed by atoms with Crippen LogP contribution in [0.4, 0.5) is 13.6 Å². The first kappa shape index (κ1) is 19.4. The Morgan fingerprint density at radius 2 is 1.76 bits per heavy atom. The molecule has 1 amide bonds. The first-order chi connectivity index (χ1) is 13.7. The molecule has 4 rings (SSSR count). The molecule has 4 nitrogen and oxygen atoms in total. The predicted molar refractivity (Wildman–Crippen MR) is 109 cm³/mol. The molecule has 0 fully saturated rings. The van der Waals surface area contributed by atoms with Crippen LogP contribution < -0.4 is 0 Å². The number of aromatic amines is 1. The molecule has 0 atom stereocenters. The molecule has 1 aliphatic heterocycles. The summed E-state index contributed by atoms with van der Waals surface area (Å²) in [5.74, 6) is -1.16. The van der Waals surface area contributed by atoms with E-state index in [4.69, 9.17) is 4.74 Å². The quantitative estimate of drug-likeness (QED) is 0.593. The second kappa shape index (κ2) is 7.17. The lowest BCUT2D eigenvalue weighted by atomic mass is 10.00. The van der Waals surface area contributed by atoms with Crippen LogP contribution in [0.1, 0.15) is 32.0 Å². The van der Waals surface area contributed by atoms with Crippen molar-refractivity contribution in [3.05, 3.63) is 59.3 Å². The molecule has 0 spiro atoms. The Bertz CT molecular complexity index is 1060. The van der Waals surface area contributed by atoms with Crippen LogP contribution >= 0.6 is 0 Å². The molecule has 6 heteroatoms. The van der Waals surface area contributed by atoms with Gasteiger partial charge in [-0.15, -0.1) is 0 Å². The Labute approximate surface area is 168 Å². The van der Waals surface area contributed by atoms with Crippen LogP contribution in [0.3, 0.4) is 0 Å². The second-order valence-corrected chi connectivity index (χ2v) is 8.41. The van der Waals surface area contributed by atoms with Crippen molar-refractivity contribution >= 4 is 17.0 Å². The fraction of sp³-hybridized carbons (Fsp3) is 0.348. The van der Waals surface area contributed by atoms with Crippen molar-refractivity contribution in [2.45, 2.75) is 39.2 Å². The highest BCUT2D eigenvalue weighted by Gasteiger charge is 2.26. The first-order valence-electron chi connectivity index (χ1n) is 9.79. The van der Waals surface area contributed by atoms with Crippen molar-refractivity contribution in [3.63, 3.8) is 0 Å². The first-order valence-corrected chi connectivity index (χ1v) is 9.79. The largest absolute Gasteiger partial charge is 0.444 e. The number of rotatable bonds is 1. The van der Waals surface area contributed by atoms with Crippen LogP contribution in [-0.4, -0.2) is 34.7 Å². The summed E-state index contributed by atoms with van der Waals surface area (Å²) in [6.45, 7) is 6.64. The number of carbonyl (C=O) groups excluding carboxylic acids is 1. The molecule has 0 unspecified atom stereocenters. The molecule has 152 valence electrons. The van der Waals surface area contributed by atoms with E-state index in [1.165, 1.54) is 18.2 Å². The van der Waals surface area contributed by atoms with Gasteiger partial charge in [0.1, 0.15) is 17.2 Å². The Morgan fingerprint density at radius 1 is 1.07 bits per heavy atom. The molecule has 0 saturated carbocycles. The van der Waals surface area contributed by atoms with Crippen molar-refractivity contribution in [2.24, 2.45) is 0 Å². The zero-order valence-corrected chi connectivity index (χ0v) is 16.8. The number of benzene rings is 2. The number of carbonyl (C=O) groups is 1. The molecule has 29 heavy (non-hydrogen) atoms. The van der Waals surface area contributed by atoms with Gasteiger partial charge in [-0.3, -0.25) is 0 Å². The number of amides is 1. The smallest absolute Gasteiger partial charge is 0.410 e. The molecule has 0 bridgehead atoms. The highest BCUT2D eigenvalue weighted by molar-refractivity contribution is 5.89. The van der Waals surface area contributed by atoms with Crippen LogP contribution in [0.2, 0.25) is 0 Å². The van der Waals surface area contributed by atoms with Gasteiger partial charge in [-0.25, -0.2) is 13.6 Å². The van der Waals surface area contributed by atoms with Crippen LogP contribution in [-0.2, 0) is 17.6 Å². The summed E-state index contributed by atoms with van der Waals surface area (Å²) in [6.07, 6.45) is 1.01. The van der Waals surface area contributed by atoms with Crippen molar-refractivity contribution in [1.29, 1.82) is 0 Å². The van der Waals surface area contributed by atoms with Crippen molar-refractivity contribution < 1.29 is 18.3 Å². The third kappa shape index (κ3) is 3.84. The molecule has 1 aromatic heterocycles. The maximum atomic E-state index is 14.2. The van der Waals surface area contributed by atoms with Gasteiger partial charge in [0.2, 0.25) is 0 Å². The number of nitrogens with one attached hydrogen (secondary N) is 1. The van der Waals surface area contributed by atoms with E-state index in [0.717, 1.165) is 22.2 Å². The maximum Gasteiger partial charge on any atom is 0.410 e. The fourth-order valence-corrected chi connectivity index (χ4v) is 3.85. The van der Waals surface area contributed by atoms with Crippen molar-refractivity contribution in [3.8, 4) is 11.1 Å². The fourth-order valence-electron chi connectivity index (χ4n) is 3.85. The summed E-state index contributed by atoms with van der Waals surface area (Å²) in [5.41, 5.74) is 3.02. The Balaban J connectivity index is 1.66. The molecule has 3 aromatic rings. The maximum absolute atomic E-state index is 14.2. The summed E-state index contributed by atoms with van der Waals surface area (Å²) in [6, 6.07) is 9.30. The van der Waals surface area contributed by atoms with E-state index in [-0.39, 0.29) is 11.7 Å². The number of halogens is 2. The lowest BCUT2D eigenvalue weighted by molar-refractivity contribution is 0.0258. The molecular weight excluding hydrogens is 374 g/mol. The van der Waals surface area contributed by atoms with Crippen LogP contribution in [0.25, 0.3) is 22.0 Å². The van der Waals surface area contributed by atoms with Gasteiger partial charge in [-0.2, -0.15) is 0 Å². The molecule has 0 radical (unpaired) electrons. The zero-order chi connectivity index (χ0) is 20.8. The number of hydrogen-bond acceptors (Lipinski definition) is 2. The average molecular weight is 398 g/mol. The summed E-state index contributed by atoms with van der Waals surface area (Å²) in [5, 5.41) is 0.936. The summed E-state index contributed by atoms with van der Waals surface area (Å²) in [4.78, 5) is 17.5. The summed E-state index contributed by atoms with van der Waals surface area (Å²) < 4.78 is 34.0. The van der Waals surface area contributed by atoms with Gasteiger partial charge >= 0.3 is 6.09 Å². The molecule has 0 saturated heterocycles. The van der Waals surface area contributed by atoms with Crippen molar-refractivity contribution in [2.75, 3.05) is 13.1 Å². The minimum atomic E-state index is -0.581. The number of H-pyrrole nitrogens is 1. The van der Waals surface area contributed by atoms with Crippen LogP contribution in [0.15, 0.2) is 36.4 Å². The monoisotopic (exact) mass is 398 g/mol. The van der Waals surface area contributed by atoms with Gasteiger partial charge < -0.3 is 14.6 Å². The molecule has 2 aromatic carbocycles. The summed E-state index contributed by atoms with van der Waals surface area (Å²) >= 11 is 0. The van der Waals surface area contributed by atoms with Gasteiger partial charge in [-0.1, -0.05) is 12.1 Å². The number of nitrogens with zero attached hydrogens (tertiary/aromatic N) is 1. The topological polar surface area (TPSA) is 45.3 Å². The standard InChI is InChI=1S/C23H24F2N2O2/c1-23(2,3)29-22(28)27-11-9-15-16-13-14(21-17(24)5-4-6-18(21)25)7-8-19(16)26-20(15)10-12-27/h4-8,13,26H,9-12H2,1-3H3. The van der Waals surface area contributed by atoms with Gasteiger partial charge in [0, 0.05) is 36.1 Å². The molecule has 1 aliphatic rings. The van der Waals surface area contributed by atoms with Gasteiger partial charge in [0.05, 0.1) is 5.56 Å². The van der Waals surface area contributed by atoms with Crippen LogP contribution in [0.5, 0.6) is 0 Å². The Morgan fingerprint density at radius 3 is 2.45 bits per heavy atom. The highest BCUT2D eigenvalue weighted by Crippen LogP contribution is 2.32. The third-order valence-corrected chi connectivity index (χ3v) is 5.16. The molecule has 1 N–H and O–H groups in total. The predicted octanol–water partition coefficient (Wildman–Crippen LogP) is 5.45. The highest BCUT2D eigenvalue weighted by atomic mass is 19.1. The zero-order valence-electron chi connectivity index (χ0n) is 16.8. The lowest BCUT2D eigenvalue weighted by Crippen LogP contribution is -2.38. The Hall–Kier alpha value is -2.89. The van der Waals surface area contributed by atoms with Gasteiger partial charge in [-0.05, 0) is 62.6 Å². The SMILES string of the molecule is CC(C)(C)OC(=O)N1CCc2[nH]c3ccc(-c4c(F)cccc4F)cc3c2CC1. The number of fused-ring (bicyclic) bond motifs is 3. The van der Waals surface area contributed by atoms with E-state index in [1.54, 1.807) is 11.0 Å². The normalized spacial score (nSPS) is 14.6. The van der Waals surface area contributed by atoms with Crippen LogP contribution in [0, 0.1) is 11.6 Å². The van der Waals surface area contributed by atoms with E-state index in [0.29, 0.717) is 31.5 Å². The second-order valence-electron chi connectivity index (χ2n) is 8.41. The minimum absolute atomic E-state index is 0.0200. The van der Waals surface area contributed by atoms with Crippen molar-refractivity contribution in [1.82, 2.24) is 9.88 Å². The van der Waals surface area contributed by atoms with E-state index in [9.17, 15) is 13.6 Å². The van der Waals surface area contributed by atoms with E-state index < -0.39 is 17.2 Å². The van der Waals surface area contributed by atoms with E-state index in [1.807, 2.05) is 32.9 Å².